The molecule has 3 aromatic carbocycles. The number of aromatic nitrogens is 1. The third-order valence-corrected chi connectivity index (χ3v) is 6.04. The minimum atomic E-state index is -0.920. The fourth-order valence-electron chi connectivity index (χ4n) is 4.22. The molecule has 1 heterocycles. The highest BCUT2D eigenvalue weighted by Gasteiger charge is 2.15. The zero-order valence-corrected chi connectivity index (χ0v) is 20.2. The number of ether oxygens (including phenoxy) is 1. The molecule has 0 aliphatic carbocycles. The van der Waals surface area contributed by atoms with Gasteiger partial charge in [-0.2, -0.15) is 0 Å². The summed E-state index contributed by atoms with van der Waals surface area (Å²) in [5, 5.41) is 9.21. The minimum Gasteiger partial charge on any atom is -0.489 e. The van der Waals surface area contributed by atoms with Gasteiger partial charge in [0.15, 0.2) is 0 Å². The van der Waals surface area contributed by atoms with Gasteiger partial charge in [0.05, 0.1) is 6.42 Å². The van der Waals surface area contributed by atoms with Gasteiger partial charge in [0.25, 0.3) is 0 Å². The lowest BCUT2D eigenvalue weighted by atomic mass is 9.94. The normalized spacial score (nSPS) is 11.8. The first-order valence-corrected chi connectivity index (χ1v) is 11.9. The maximum atomic E-state index is 15.4. The number of nitrogens with two attached hydrogens (primary N) is 1. The molecule has 0 aliphatic heterocycles. The molecule has 4 rings (SSSR count). The van der Waals surface area contributed by atoms with Crippen LogP contribution in [0.15, 0.2) is 85.2 Å². The zero-order chi connectivity index (χ0) is 25.5. The molecule has 3 N–H and O–H groups in total. The number of hydrogen-bond donors (Lipinski definition) is 2. The number of para-hydroxylation sites is 1. The van der Waals surface area contributed by atoms with E-state index in [0.717, 1.165) is 29.5 Å². The molecular formula is C30H29FN2O3. The van der Waals surface area contributed by atoms with Crippen molar-refractivity contribution in [2.75, 3.05) is 0 Å². The Morgan fingerprint density at radius 3 is 2.44 bits per heavy atom. The molecule has 0 amide bonds. The Hall–Kier alpha value is -4.03. The third-order valence-electron chi connectivity index (χ3n) is 6.04. The number of hydrogen-bond acceptors (Lipinski definition) is 4. The molecule has 1 atom stereocenters. The van der Waals surface area contributed by atoms with Gasteiger partial charge in [-0.1, -0.05) is 48.5 Å². The Labute approximate surface area is 210 Å². The largest absolute Gasteiger partial charge is 0.489 e. The van der Waals surface area contributed by atoms with Crippen LogP contribution in [0.2, 0.25) is 0 Å². The smallest absolute Gasteiger partial charge is 0.307 e. The molecule has 6 heteroatoms. The summed E-state index contributed by atoms with van der Waals surface area (Å²) in [5.74, 6) is -0.720. The molecule has 0 spiro atoms. The quantitative estimate of drug-likeness (QED) is 0.293. The van der Waals surface area contributed by atoms with Gasteiger partial charge in [0.1, 0.15) is 18.2 Å². The van der Waals surface area contributed by atoms with Crippen LogP contribution in [0, 0.1) is 5.82 Å². The number of halogens is 1. The highest BCUT2D eigenvalue weighted by molar-refractivity contribution is 5.71. The van der Waals surface area contributed by atoms with Crippen LogP contribution in [-0.2, 0) is 30.7 Å². The monoisotopic (exact) mass is 484 g/mol. The molecule has 0 fully saturated rings. The van der Waals surface area contributed by atoms with Gasteiger partial charge in [-0.25, -0.2) is 4.39 Å². The molecule has 1 unspecified atom stereocenters. The van der Waals surface area contributed by atoms with Crippen molar-refractivity contribution in [2.45, 2.75) is 38.8 Å². The summed E-state index contributed by atoms with van der Waals surface area (Å²) in [6.45, 7) is 1.99. The Balaban J connectivity index is 1.66. The summed E-state index contributed by atoms with van der Waals surface area (Å²) >= 11 is 0. The van der Waals surface area contributed by atoms with Gasteiger partial charge < -0.3 is 15.6 Å². The Morgan fingerprint density at radius 2 is 1.69 bits per heavy atom. The summed E-state index contributed by atoms with van der Waals surface area (Å²) in [4.78, 5) is 15.3. The molecule has 0 radical (unpaired) electrons. The van der Waals surface area contributed by atoms with Crippen LogP contribution in [0.5, 0.6) is 5.75 Å². The predicted molar refractivity (Wildman–Crippen MR) is 138 cm³/mol. The number of carbonyl (C=O) groups is 1. The molecule has 0 bridgehead atoms. The van der Waals surface area contributed by atoms with Gasteiger partial charge in [0, 0.05) is 35.1 Å². The van der Waals surface area contributed by atoms with E-state index in [9.17, 15) is 9.90 Å². The second-order valence-electron chi connectivity index (χ2n) is 8.86. The first-order valence-electron chi connectivity index (χ1n) is 11.9. The number of pyridine rings is 1. The van der Waals surface area contributed by atoms with Crippen LogP contribution in [-0.4, -0.2) is 16.1 Å². The van der Waals surface area contributed by atoms with E-state index in [1.807, 2.05) is 36.4 Å². The number of rotatable bonds is 10. The predicted octanol–water partition coefficient (Wildman–Crippen LogP) is 5.90. The Morgan fingerprint density at radius 1 is 0.972 bits per heavy atom. The van der Waals surface area contributed by atoms with Crippen LogP contribution in [0.4, 0.5) is 4.39 Å². The van der Waals surface area contributed by atoms with Crippen molar-refractivity contribution >= 4 is 5.97 Å². The van der Waals surface area contributed by atoms with Crippen molar-refractivity contribution in [1.82, 2.24) is 4.98 Å². The minimum absolute atomic E-state index is 0.122. The van der Waals surface area contributed by atoms with Crippen molar-refractivity contribution in [3.63, 3.8) is 0 Å². The van der Waals surface area contributed by atoms with E-state index in [4.69, 9.17) is 10.5 Å². The third kappa shape index (κ3) is 6.34. The van der Waals surface area contributed by atoms with Gasteiger partial charge in [0.2, 0.25) is 0 Å². The van der Waals surface area contributed by atoms with Crippen LogP contribution in [0.3, 0.4) is 0 Å². The molecule has 0 saturated heterocycles. The molecule has 36 heavy (non-hydrogen) atoms. The maximum absolute atomic E-state index is 15.4. The van der Waals surface area contributed by atoms with Crippen LogP contribution in [0.25, 0.3) is 11.1 Å². The molecule has 5 nitrogen and oxygen atoms in total. The molecule has 184 valence electrons. The molecule has 4 aromatic rings. The highest BCUT2D eigenvalue weighted by Crippen LogP contribution is 2.30. The fraction of sp³-hybridized carbons (Fsp3) is 0.200. The first-order chi connectivity index (χ1) is 17.4. The summed E-state index contributed by atoms with van der Waals surface area (Å²) < 4.78 is 21.4. The van der Waals surface area contributed by atoms with Crippen molar-refractivity contribution in [3.8, 4) is 16.9 Å². The molecular weight excluding hydrogens is 455 g/mol. The van der Waals surface area contributed by atoms with E-state index in [1.165, 1.54) is 5.56 Å². The number of aryl methyl sites for hydroxylation is 2. The standard InChI is InChI=1S/C30H29FN2O3/c1-20(32)26-6-4-7-27(30(26)31)25-16-22(10-9-21-11-13-33-14-12-21)15-23(17-25)19-36-28-8-3-2-5-24(28)18-29(34)35/h2-8,11-17,20H,9-10,18-19,32H2,1H3,(H,34,35). The average Bonchev–Trinajstić information content (AvgIpc) is 2.87. The van der Waals surface area contributed by atoms with E-state index >= 15 is 4.39 Å². The van der Waals surface area contributed by atoms with Crippen molar-refractivity contribution in [2.24, 2.45) is 5.73 Å². The number of carboxylic acid groups (broad SMARTS) is 1. The lowest BCUT2D eigenvalue weighted by Gasteiger charge is -2.15. The number of nitrogens with zero attached hydrogens (tertiary/aromatic N) is 1. The maximum Gasteiger partial charge on any atom is 0.307 e. The van der Waals surface area contributed by atoms with E-state index in [1.54, 1.807) is 49.6 Å². The summed E-state index contributed by atoms with van der Waals surface area (Å²) in [6, 6.07) is 21.9. The van der Waals surface area contributed by atoms with Gasteiger partial charge in [-0.05, 0) is 66.3 Å². The van der Waals surface area contributed by atoms with Crippen molar-refractivity contribution in [3.05, 3.63) is 119 Å². The van der Waals surface area contributed by atoms with Crippen molar-refractivity contribution < 1.29 is 19.0 Å². The first kappa shape index (κ1) is 25.1. The zero-order valence-electron chi connectivity index (χ0n) is 20.2. The second-order valence-corrected chi connectivity index (χ2v) is 8.86. The van der Waals surface area contributed by atoms with E-state index in [-0.39, 0.29) is 18.8 Å². The van der Waals surface area contributed by atoms with Crippen molar-refractivity contribution in [1.29, 1.82) is 0 Å². The Bertz CT molecular complexity index is 1340. The van der Waals surface area contributed by atoms with Gasteiger partial charge >= 0.3 is 5.97 Å². The molecule has 1 aromatic heterocycles. The van der Waals surface area contributed by atoms with Gasteiger partial charge in [-0.3, -0.25) is 9.78 Å². The molecule has 0 aliphatic rings. The van der Waals surface area contributed by atoms with E-state index in [2.05, 4.69) is 11.1 Å². The number of aliphatic carboxylic acids is 1. The second kappa shape index (κ2) is 11.6. The fourth-order valence-corrected chi connectivity index (χ4v) is 4.22. The van der Waals surface area contributed by atoms with Gasteiger partial charge in [-0.15, -0.1) is 0 Å². The van der Waals surface area contributed by atoms with E-state index < -0.39 is 12.0 Å². The van der Waals surface area contributed by atoms with E-state index in [0.29, 0.717) is 22.4 Å². The summed E-state index contributed by atoms with van der Waals surface area (Å²) in [5.41, 5.74) is 11.4. The highest BCUT2D eigenvalue weighted by atomic mass is 19.1. The van der Waals surface area contributed by atoms with Crippen LogP contribution in [0.1, 0.15) is 40.8 Å². The number of benzene rings is 3. The summed E-state index contributed by atoms with van der Waals surface area (Å²) in [6.07, 6.45) is 5.00. The van der Waals surface area contributed by atoms with Crippen LogP contribution < -0.4 is 10.5 Å². The lowest BCUT2D eigenvalue weighted by Crippen LogP contribution is -2.08. The number of carboxylic acids is 1. The molecule has 0 saturated carbocycles. The topological polar surface area (TPSA) is 85.4 Å². The average molecular weight is 485 g/mol. The van der Waals surface area contributed by atoms with Crippen LogP contribution >= 0.6 is 0 Å². The SMILES string of the molecule is CC(N)c1cccc(-c2cc(CCc3ccncc3)cc(COc3ccccc3CC(=O)O)c2)c1F. The lowest BCUT2D eigenvalue weighted by molar-refractivity contribution is -0.136. The Kier molecular flexibility index (Phi) is 8.08. The summed E-state index contributed by atoms with van der Waals surface area (Å²) in [7, 11) is 0.